The highest BCUT2D eigenvalue weighted by atomic mass is 79.9. The monoisotopic (exact) mass is 255 g/mol. The van der Waals surface area contributed by atoms with Gasteiger partial charge in [-0.05, 0) is 22.9 Å². The molecule has 0 bridgehead atoms. The SMILES string of the molecule is Cc1ncc(-c2nc(Br)cs2)cn1. The fourth-order valence-corrected chi connectivity index (χ4v) is 2.12. The summed E-state index contributed by atoms with van der Waals surface area (Å²) in [6.07, 6.45) is 3.57. The van der Waals surface area contributed by atoms with Crippen LogP contribution in [0.2, 0.25) is 0 Å². The minimum absolute atomic E-state index is 0.777. The normalized spacial score (nSPS) is 10.3. The van der Waals surface area contributed by atoms with Gasteiger partial charge in [0.1, 0.15) is 15.4 Å². The standard InChI is InChI=1S/C8H6BrN3S/c1-5-10-2-6(3-11-5)8-12-7(9)4-13-8/h2-4H,1H3. The van der Waals surface area contributed by atoms with Crippen molar-refractivity contribution in [1.82, 2.24) is 15.0 Å². The third-order valence-corrected chi connectivity index (χ3v) is 3.10. The Morgan fingerprint density at radius 2 is 2.00 bits per heavy atom. The van der Waals surface area contributed by atoms with Crippen molar-refractivity contribution < 1.29 is 0 Å². The lowest BCUT2D eigenvalue weighted by Crippen LogP contribution is -1.86. The van der Waals surface area contributed by atoms with Crippen molar-refractivity contribution in [3.63, 3.8) is 0 Å². The topological polar surface area (TPSA) is 38.7 Å². The Balaban J connectivity index is 2.41. The fraction of sp³-hybridized carbons (Fsp3) is 0.125. The Morgan fingerprint density at radius 1 is 1.31 bits per heavy atom. The average molecular weight is 256 g/mol. The molecular formula is C8H6BrN3S. The maximum Gasteiger partial charge on any atom is 0.127 e. The zero-order chi connectivity index (χ0) is 9.26. The van der Waals surface area contributed by atoms with Gasteiger partial charge in [0.15, 0.2) is 0 Å². The average Bonchev–Trinajstić information content (AvgIpc) is 2.53. The summed E-state index contributed by atoms with van der Waals surface area (Å²) in [5, 5.41) is 2.88. The smallest absolute Gasteiger partial charge is 0.127 e. The molecule has 3 nitrogen and oxygen atoms in total. The molecular weight excluding hydrogens is 250 g/mol. The van der Waals surface area contributed by atoms with Gasteiger partial charge in [0.05, 0.1) is 0 Å². The zero-order valence-electron chi connectivity index (χ0n) is 6.86. The number of nitrogens with zero attached hydrogens (tertiary/aromatic N) is 3. The minimum atomic E-state index is 0.777. The summed E-state index contributed by atoms with van der Waals surface area (Å²) in [4.78, 5) is 12.5. The van der Waals surface area contributed by atoms with Gasteiger partial charge in [-0.25, -0.2) is 15.0 Å². The van der Waals surface area contributed by atoms with Crippen LogP contribution in [0.25, 0.3) is 10.6 Å². The van der Waals surface area contributed by atoms with E-state index < -0.39 is 0 Å². The van der Waals surface area contributed by atoms with Crippen LogP contribution >= 0.6 is 27.3 Å². The Hall–Kier alpha value is -0.810. The molecule has 0 fully saturated rings. The molecule has 2 heterocycles. The van der Waals surface area contributed by atoms with E-state index in [4.69, 9.17) is 0 Å². The lowest BCUT2D eigenvalue weighted by atomic mass is 10.3. The maximum atomic E-state index is 4.27. The number of halogens is 1. The van der Waals surface area contributed by atoms with E-state index >= 15 is 0 Å². The van der Waals surface area contributed by atoms with Crippen LogP contribution < -0.4 is 0 Å². The molecule has 0 radical (unpaired) electrons. The summed E-state index contributed by atoms with van der Waals surface area (Å²) in [6.45, 7) is 1.86. The Kier molecular flexibility index (Phi) is 2.37. The molecule has 66 valence electrons. The van der Waals surface area contributed by atoms with Crippen molar-refractivity contribution in [2.24, 2.45) is 0 Å². The lowest BCUT2D eigenvalue weighted by Gasteiger charge is -1.94. The zero-order valence-corrected chi connectivity index (χ0v) is 9.26. The van der Waals surface area contributed by atoms with Crippen LogP contribution in [0.15, 0.2) is 22.4 Å². The van der Waals surface area contributed by atoms with E-state index in [2.05, 4.69) is 30.9 Å². The van der Waals surface area contributed by atoms with Gasteiger partial charge < -0.3 is 0 Å². The molecule has 0 aliphatic rings. The van der Waals surface area contributed by atoms with Gasteiger partial charge in [-0.15, -0.1) is 11.3 Å². The van der Waals surface area contributed by atoms with Crippen LogP contribution in [0, 0.1) is 6.92 Å². The third kappa shape index (κ3) is 1.92. The van der Waals surface area contributed by atoms with E-state index in [1.807, 2.05) is 12.3 Å². The molecule has 2 aromatic rings. The number of aromatic nitrogens is 3. The molecule has 2 rings (SSSR count). The Bertz CT molecular complexity index is 410. The molecule has 0 amide bonds. The van der Waals surface area contributed by atoms with Gasteiger partial charge in [-0.3, -0.25) is 0 Å². The summed E-state index contributed by atoms with van der Waals surface area (Å²) >= 11 is 4.87. The van der Waals surface area contributed by atoms with E-state index in [0.717, 1.165) is 21.0 Å². The number of hydrogen-bond donors (Lipinski definition) is 0. The molecule has 0 N–H and O–H groups in total. The largest absolute Gasteiger partial charge is 0.241 e. The second-order valence-corrected chi connectivity index (χ2v) is 4.16. The first-order chi connectivity index (χ1) is 6.25. The van der Waals surface area contributed by atoms with Crippen LogP contribution in [0.4, 0.5) is 0 Å². The fourth-order valence-electron chi connectivity index (χ4n) is 0.890. The summed E-state index contributed by atoms with van der Waals surface area (Å²) in [5.74, 6) is 0.777. The second kappa shape index (κ2) is 3.51. The summed E-state index contributed by atoms with van der Waals surface area (Å²) in [7, 11) is 0. The molecule has 0 aliphatic carbocycles. The van der Waals surface area contributed by atoms with Crippen LogP contribution in [0.3, 0.4) is 0 Å². The molecule has 0 unspecified atom stereocenters. The summed E-state index contributed by atoms with van der Waals surface area (Å²) < 4.78 is 0.855. The van der Waals surface area contributed by atoms with Crippen LogP contribution in [0.5, 0.6) is 0 Å². The highest BCUT2D eigenvalue weighted by Crippen LogP contribution is 2.24. The van der Waals surface area contributed by atoms with Crippen LogP contribution in [-0.4, -0.2) is 15.0 Å². The van der Waals surface area contributed by atoms with Gasteiger partial charge in [0, 0.05) is 23.3 Å². The van der Waals surface area contributed by atoms with Crippen molar-refractivity contribution >= 4 is 27.3 Å². The van der Waals surface area contributed by atoms with E-state index in [1.54, 1.807) is 23.7 Å². The van der Waals surface area contributed by atoms with Crippen molar-refractivity contribution in [2.75, 3.05) is 0 Å². The maximum absolute atomic E-state index is 4.27. The van der Waals surface area contributed by atoms with E-state index in [9.17, 15) is 0 Å². The number of thiazole rings is 1. The van der Waals surface area contributed by atoms with Crippen molar-refractivity contribution in [1.29, 1.82) is 0 Å². The Morgan fingerprint density at radius 3 is 2.54 bits per heavy atom. The molecule has 0 atom stereocenters. The van der Waals surface area contributed by atoms with Crippen molar-refractivity contribution in [3.8, 4) is 10.6 Å². The van der Waals surface area contributed by atoms with Gasteiger partial charge in [-0.1, -0.05) is 0 Å². The highest BCUT2D eigenvalue weighted by Gasteiger charge is 2.02. The van der Waals surface area contributed by atoms with Gasteiger partial charge in [-0.2, -0.15) is 0 Å². The molecule has 0 saturated carbocycles. The molecule has 0 spiro atoms. The molecule has 0 saturated heterocycles. The summed E-state index contributed by atoms with van der Waals surface area (Å²) in [6, 6.07) is 0. The van der Waals surface area contributed by atoms with Crippen molar-refractivity contribution in [2.45, 2.75) is 6.92 Å². The van der Waals surface area contributed by atoms with Crippen LogP contribution in [-0.2, 0) is 0 Å². The predicted octanol–water partition coefficient (Wildman–Crippen LogP) is 2.67. The molecule has 0 aromatic carbocycles. The number of aryl methyl sites for hydroxylation is 1. The third-order valence-electron chi connectivity index (χ3n) is 1.50. The van der Waals surface area contributed by atoms with Gasteiger partial charge in [0.25, 0.3) is 0 Å². The number of hydrogen-bond acceptors (Lipinski definition) is 4. The second-order valence-electron chi connectivity index (χ2n) is 2.49. The van der Waals surface area contributed by atoms with Crippen molar-refractivity contribution in [3.05, 3.63) is 28.2 Å². The lowest BCUT2D eigenvalue weighted by molar-refractivity contribution is 1.05. The van der Waals surface area contributed by atoms with Gasteiger partial charge in [0.2, 0.25) is 0 Å². The number of rotatable bonds is 1. The predicted molar refractivity (Wildman–Crippen MR) is 55.6 cm³/mol. The summed E-state index contributed by atoms with van der Waals surface area (Å²) in [5.41, 5.74) is 0.960. The first-order valence-corrected chi connectivity index (χ1v) is 5.33. The molecule has 0 aliphatic heterocycles. The highest BCUT2D eigenvalue weighted by molar-refractivity contribution is 9.10. The van der Waals surface area contributed by atoms with E-state index in [-0.39, 0.29) is 0 Å². The first-order valence-electron chi connectivity index (χ1n) is 3.66. The molecule has 13 heavy (non-hydrogen) atoms. The van der Waals surface area contributed by atoms with Crippen LogP contribution in [0.1, 0.15) is 5.82 Å². The van der Waals surface area contributed by atoms with E-state index in [0.29, 0.717) is 0 Å². The molecule has 2 aromatic heterocycles. The van der Waals surface area contributed by atoms with Gasteiger partial charge >= 0.3 is 0 Å². The minimum Gasteiger partial charge on any atom is -0.241 e. The van der Waals surface area contributed by atoms with E-state index in [1.165, 1.54) is 0 Å². The quantitative estimate of drug-likeness (QED) is 0.787. The molecule has 5 heteroatoms. The first kappa shape index (κ1) is 8.77. The Labute approximate surface area is 88.0 Å².